The van der Waals surface area contributed by atoms with E-state index in [2.05, 4.69) is 37.8 Å². The predicted molar refractivity (Wildman–Crippen MR) is 78.2 cm³/mol. The summed E-state index contributed by atoms with van der Waals surface area (Å²) >= 11 is 0. The third-order valence-electron chi connectivity index (χ3n) is 4.50. The van der Waals surface area contributed by atoms with Crippen LogP contribution in [0.3, 0.4) is 0 Å². The van der Waals surface area contributed by atoms with Crippen LogP contribution in [0.5, 0.6) is 0 Å². The fraction of sp³-hybridized carbons (Fsp3) is 0.588. The predicted octanol–water partition coefficient (Wildman–Crippen LogP) is 2.99. The molecule has 0 spiro atoms. The molecule has 108 valence electrons. The van der Waals surface area contributed by atoms with E-state index >= 15 is 0 Å². The molecule has 0 radical (unpaired) electrons. The van der Waals surface area contributed by atoms with Crippen LogP contribution in [-0.4, -0.2) is 29.2 Å². The highest BCUT2D eigenvalue weighted by Gasteiger charge is 2.59. The lowest BCUT2D eigenvalue weighted by Gasteiger charge is -2.35. The number of carbonyl (C=O) groups is 1. The average Bonchev–Trinajstić information content (AvgIpc) is 2.90. The molecule has 0 N–H and O–H groups in total. The van der Waals surface area contributed by atoms with E-state index in [1.165, 1.54) is 5.56 Å². The second-order valence-corrected chi connectivity index (χ2v) is 7.11. The Morgan fingerprint density at radius 1 is 1.30 bits per heavy atom. The lowest BCUT2D eigenvalue weighted by atomic mass is 9.87. The van der Waals surface area contributed by atoms with Gasteiger partial charge in [-0.05, 0) is 18.4 Å². The minimum atomic E-state index is -0.431. The van der Waals surface area contributed by atoms with Gasteiger partial charge in [-0.25, -0.2) is 4.79 Å². The van der Waals surface area contributed by atoms with Crippen molar-refractivity contribution in [1.82, 2.24) is 4.90 Å². The fourth-order valence-electron chi connectivity index (χ4n) is 3.58. The number of carbonyl (C=O) groups excluding carboxylic acids is 1. The molecule has 0 saturated carbocycles. The molecular formula is C17H23NO2. The Labute approximate surface area is 120 Å². The number of hydrogen-bond donors (Lipinski definition) is 0. The monoisotopic (exact) mass is 273 g/mol. The van der Waals surface area contributed by atoms with Gasteiger partial charge in [0.05, 0.1) is 0 Å². The van der Waals surface area contributed by atoms with Crippen molar-refractivity contribution in [2.45, 2.75) is 51.8 Å². The van der Waals surface area contributed by atoms with Crippen LogP contribution in [0, 0.1) is 5.41 Å². The molecule has 3 nitrogen and oxygen atoms in total. The van der Waals surface area contributed by atoms with Crippen LogP contribution >= 0.6 is 0 Å². The van der Waals surface area contributed by atoms with Crippen molar-refractivity contribution in [1.29, 1.82) is 0 Å². The number of nitrogens with zero attached hydrogens (tertiary/aromatic N) is 1. The largest absolute Gasteiger partial charge is 0.444 e. The standard InChI is InChI=1S/C17H23NO2/c1-16(2,3)14-18-11-7-10-17(18,15(19)20-14)12-13-8-5-4-6-9-13/h4-6,8-9,14H,7,10-12H2,1-3H3/t14-,17-/m0/s1. The molecule has 0 aromatic heterocycles. The first-order chi connectivity index (χ1) is 9.43. The van der Waals surface area contributed by atoms with E-state index in [-0.39, 0.29) is 17.6 Å². The molecule has 3 heteroatoms. The highest BCUT2D eigenvalue weighted by atomic mass is 16.6. The lowest BCUT2D eigenvalue weighted by Crippen LogP contribution is -2.50. The molecule has 2 aliphatic rings. The summed E-state index contributed by atoms with van der Waals surface area (Å²) in [5, 5.41) is 0. The molecule has 0 amide bonds. The quantitative estimate of drug-likeness (QED) is 0.776. The summed E-state index contributed by atoms with van der Waals surface area (Å²) in [6.45, 7) is 7.38. The zero-order valence-corrected chi connectivity index (χ0v) is 12.6. The Morgan fingerprint density at radius 3 is 2.65 bits per heavy atom. The number of fused-ring (bicyclic) bond motifs is 1. The van der Waals surface area contributed by atoms with E-state index in [9.17, 15) is 4.79 Å². The van der Waals surface area contributed by atoms with Gasteiger partial charge in [-0.15, -0.1) is 0 Å². The highest BCUT2D eigenvalue weighted by Crippen LogP contribution is 2.45. The summed E-state index contributed by atoms with van der Waals surface area (Å²) in [5.74, 6) is -0.0289. The molecule has 0 unspecified atom stereocenters. The molecule has 0 aliphatic carbocycles. The third kappa shape index (κ3) is 2.05. The fourth-order valence-corrected chi connectivity index (χ4v) is 3.58. The Balaban J connectivity index is 1.93. The number of benzene rings is 1. The first-order valence-electron chi connectivity index (χ1n) is 7.45. The van der Waals surface area contributed by atoms with Crippen molar-refractivity contribution < 1.29 is 9.53 Å². The van der Waals surface area contributed by atoms with Gasteiger partial charge in [0.2, 0.25) is 0 Å². The van der Waals surface area contributed by atoms with Crippen LogP contribution in [0.4, 0.5) is 0 Å². The van der Waals surface area contributed by atoms with Crippen molar-refractivity contribution in [2.75, 3.05) is 6.54 Å². The van der Waals surface area contributed by atoms with E-state index in [1.54, 1.807) is 0 Å². The van der Waals surface area contributed by atoms with Gasteiger partial charge in [-0.2, -0.15) is 0 Å². The van der Waals surface area contributed by atoms with Crippen LogP contribution in [-0.2, 0) is 16.0 Å². The SMILES string of the molecule is CC(C)(C)[C@@H]1OC(=O)[C@@]2(Cc3ccccc3)CCCN12. The van der Waals surface area contributed by atoms with Crippen LogP contribution in [0.1, 0.15) is 39.2 Å². The lowest BCUT2D eigenvalue weighted by molar-refractivity contribution is -0.149. The van der Waals surface area contributed by atoms with Crippen LogP contribution in [0.25, 0.3) is 0 Å². The highest BCUT2D eigenvalue weighted by molar-refractivity contribution is 5.84. The normalized spacial score (nSPS) is 30.4. The van der Waals surface area contributed by atoms with E-state index in [4.69, 9.17) is 4.74 Å². The molecule has 0 bridgehead atoms. The number of ether oxygens (including phenoxy) is 1. The summed E-state index contributed by atoms with van der Waals surface area (Å²) in [6.07, 6.45) is 2.65. The first kappa shape index (κ1) is 13.6. The first-order valence-corrected chi connectivity index (χ1v) is 7.45. The topological polar surface area (TPSA) is 29.5 Å². The van der Waals surface area contributed by atoms with Gasteiger partial charge in [-0.1, -0.05) is 51.1 Å². The molecular weight excluding hydrogens is 250 g/mol. The van der Waals surface area contributed by atoms with Gasteiger partial charge in [0.15, 0.2) is 6.23 Å². The second-order valence-electron chi connectivity index (χ2n) is 7.11. The van der Waals surface area contributed by atoms with Gasteiger partial charge in [0.1, 0.15) is 5.54 Å². The van der Waals surface area contributed by atoms with E-state index in [0.717, 1.165) is 25.8 Å². The maximum absolute atomic E-state index is 12.6. The number of esters is 1. The van der Waals surface area contributed by atoms with Gasteiger partial charge >= 0.3 is 5.97 Å². The zero-order valence-electron chi connectivity index (χ0n) is 12.6. The van der Waals surface area contributed by atoms with Crippen molar-refractivity contribution in [3.8, 4) is 0 Å². The molecule has 2 heterocycles. The minimum Gasteiger partial charge on any atom is -0.444 e. The summed E-state index contributed by atoms with van der Waals surface area (Å²) in [4.78, 5) is 14.9. The maximum Gasteiger partial charge on any atom is 0.328 e. The van der Waals surface area contributed by atoms with Crippen LogP contribution in [0.2, 0.25) is 0 Å². The minimum absolute atomic E-state index is 0.0289. The van der Waals surface area contributed by atoms with Crippen LogP contribution < -0.4 is 0 Å². The zero-order chi connectivity index (χ0) is 14.4. The molecule has 20 heavy (non-hydrogen) atoms. The van der Waals surface area contributed by atoms with E-state index in [0.29, 0.717) is 0 Å². The number of rotatable bonds is 2. The molecule has 1 aromatic rings. The van der Waals surface area contributed by atoms with Crippen molar-refractivity contribution in [2.24, 2.45) is 5.41 Å². The van der Waals surface area contributed by atoms with Crippen LogP contribution in [0.15, 0.2) is 30.3 Å². The maximum atomic E-state index is 12.6. The smallest absolute Gasteiger partial charge is 0.328 e. The number of hydrogen-bond acceptors (Lipinski definition) is 3. The average molecular weight is 273 g/mol. The Hall–Kier alpha value is -1.35. The van der Waals surface area contributed by atoms with Crippen molar-refractivity contribution >= 4 is 5.97 Å². The molecule has 3 rings (SSSR count). The second kappa shape index (κ2) is 4.59. The Bertz CT molecular complexity index is 505. The van der Waals surface area contributed by atoms with Gasteiger partial charge in [0, 0.05) is 18.4 Å². The molecule has 1 aromatic carbocycles. The van der Waals surface area contributed by atoms with Crippen molar-refractivity contribution in [3.05, 3.63) is 35.9 Å². The Kier molecular flexibility index (Phi) is 3.13. The van der Waals surface area contributed by atoms with Crippen molar-refractivity contribution in [3.63, 3.8) is 0 Å². The summed E-state index contributed by atoms with van der Waals surface area (Å²) in [5.41, 5.74) is 0.739. The van der Waals surface area contributed by atoms with Gasteiger partial charge < -0.3 is 4.74 Å². The summed E-state index contributed by atoms with van der Waals surface area (Å²) in [6, 6.07) is 10.3. The summed E-state index contributed by atoms with van der Waals surface area (Å²) < 4.78 is 5.76. The molecule has 2 fully saturated rings. The summed E-state index contributed by atoms with van der Waals surface area (Å²) in [7, 11) is 0. The van der Waals surface area contributed by atoms with E-state index in [1.807, 2.05) is 18.2 Å². The molecule has 2 aliphatic heterocycles. The van der Waals surface area contributed by atoms with E-state index < -0.39 is 5.54 Å². The molecule has 2 atom stereocenters. The van der Waals surface area contributed by atoms with Gasteiger partial charge in [-0.3, -0.25) is 4.90 Å². The Morgan fingerprint density at radius 2 is 2.00 bits per heavy atom. The third-order valence-corrected chi connectivity index (χ3v) is 4.50. The molecule has 2 saturated heterocycles. The number of cyclic esters (lactones) is 1. The van der Waals surface area contributed by atoms with Gasteiger partial charge in [0.25, 0.3) is 0 Å².